The molecule has 0 saturated heterocycles. The Kier molecular flexibility index (Phi) is 7.86. The summed E-state index contributed by atoms with van der Waals surface area (Å²) < 4.78 is 4.51. The first-order valence-electron chi connectivity index (χ1n) is 18.2. The minimum absolute atomic E-state index is 0. The van der Waals surface area contributed by atoms with Crippen LogP contribution < -0.4 is 4.98 Å². The number of fused-ring (bicyclic) bond motifs is 7. The van der Waals surface area contributed by atoms with E-state index >= 15 is 0 Å². The van der Waals surface area contributed by atoms with Gasteiger partial charge in [-0.2, -0.15) is 0 Å². The second-order valence-electron chi connectivity index (χ2n) is 13.9. The van der Waals surface area contributed by atoms with Crippen LogP contribution in [0.5, 0.6) is 0 Å². The molecule has 262 valence electrons. The van der Waals surface area contributed by atoms with E-state index in [9.17, 15) is 0 Å². The monoisotopic (exact) mass is 884 g/mol. The Morgan fingerprint density at radius 3 is 2.18 bits per heavy atom. The fraction of sp³-hybridized carbons (Fsp3) is 0.0204. The van der Waals surface area contributed by atoms with E-state index in [2.05, 4.69) is 174 Å². The molecule has 7 aromatic carbocycles. The molecule has 11 rings (SSSR count). The number of hydrogen-bond acceptors (Lipinski definition) is 2. The summed E-state index contributed by atoms with van der Waals surface area (Å²) in [6.45, 7) is 2.11. The Hall–Kier alpha value is -6.55. The van der Waals surface area contributed by atoms with Gasteiger partial charge in [0.25, 0.3) is 0 Å². The third-order valence-electron chi connectivity index (χ3n) is 10.6. The van der Waals surface area contributed by atoms with Crippen LogP contribution in [0.2, 0.25) is 0 Å². The van der Waals surface area contributed by atoms with E-state index in [0.29, 0.717) is 0 Å². The summed E-state index contributed by atoms with van der Waals surface area (Å²) in [6.07, 6.45) is 1.88. The molecule has 4 aromatic heterocycles. The third kappa shape index (κ3) is 5.26. The van der Waals surface area contributed by atoms with Crippen molar-refractivity contribution >= 4 is 54.6 Å². The van der Waals surface area contributed by atoms with Gasteiger partial charge in [0.15, 0.2) is 0 Å². The van der Waals surface area contributed by atoms with Crippen LogP contribution in [0.15, 0.2) is 170 Å². The predicted octanol–water partition coefficient (Wildman–Crippen LogP) is 11.9. The van der Waals surface area contributed by atoms with Gasteiger partial charge in [-0.25, -0.2) is 9.97 Å². The van der Waals surface area contributed by atoms with Crippen molar-refractivity contribution in [2.45, 2.75) is 6.92 Å². The molecular formula is C49H31N5Pt. The Morgan fingerprint density at radius 2 is 1.33 bits per heavy atom. The van der Waals surface area contributed by atoms with Gasteiger partial charge >= 0.3 is 21.1 Å². The van der Waals surface area contributed by atoms with Gasteiger partial charge < -0.3 is 9.55 Å². The largest absolute Gasteiger partial charge is 2.00 e. The smallest absolute Gasteiger partial charge is 0.656 e. The maximum Gasteiger partial charge on any atom is 2.00 e. The van der Waals surface area contributed by atoms with E-state index in [1.165, 1.54) is 11.1 Å². The maximum atomic E-state index is 5.50. The van der Waals surface area contributed by atoms with E-state index < -0.39 is 0 Å². The molecule has 0 N–H and O–H groups in total. The minimum atomic E-state index is 0. The number of para-hydroxylation sites is 4. The van der Waals surface area contributed by atoms with Gasteiger partial charge in [0.2, 0.25) is 0 Å². The van der Waals surface area contributed by atoms with Crippen LogP contribution in [0.25, 0.3) is 99.8 Å². The first-order valence-corrected chi connectivity index (χ1v) is 18.2. The normalized spacial score (nSPS) is 11.6. The predicted molar refractivity (Wildman–Crippen MR) is 221 cm³/mol. The second kappa shape index (κ2) is 13.1. The Morgan fingerprint density at radius 1 is 0.564 bits per heavy atom. The van der Waals surface area contributed by atoms with E-state index in [4.69, 9.17) is 15.0 Å². The molecule has 0 atom stereocenters. The van der Waals surface area contributed by atoms with Crippen LogP contribution in [-0.4, -0.2) is 19.1 Å². The molecule has 0 aliphatic carbocycles. The molecule has 0 spiro atoms. The summed E-state index contributed by atoms with van der Waals surface area (Å²) in [5.41, 5.74) is 13.4. The number of benzene rings is 7. The Labute approximate surface area is 331 Å². The number of pyridine rings is 1. The molecule has 0 amide bonds. The molecule has 5 nitrogen and oxygen atoms in total. The standard InChI is InChI=1S/C49H31N5.Pt/c1-31-26-27-50-46(28-31)54-43-25-23-33(32-12-4-2-5-13-32)29-41(43)38-24-22-34(30-45(38)54)36-17-11-21-44-48(36)52-49(53(44)35-14-6-3-7-15-35)40-19-10-18-39-37-16-8-9-20-42(37)51-47(39)40;/h2-29H,1H3;/q-2;+2. The molecule has 0 aliphatic heterocycles. The topological polar surface area (TPSA) is 49.7 Å². The second-order valence-corrected chi connectivity index (χ2v) is 13.9. The van der Waals surface area contributed by atoms with Crippen LogP contribution >= 0.6 is 0 Å². The van der Waals surface area contributed by atoms with Crippen molar-refractivity contribution in [1.82, 2.24) is 24.1 Å². The van der Waals surface area contributed by atoms with Gasteiger partial charge in [0, 0.05) is 23.0 Å². The van der Waals surface area contributed by atoms with Crippen molar-refractivity contribution in [1.29, 1.82) is 0 Å². The van der Waals surface area contributed by atoms with Crippen LogP contribution in [0.3, 0.4) is 0 Å². The zero-order valence-corrected chi connectivity index (χ0v) is 32.0. The van der Waals surface area contributed by atoms with E-state index in [0.717, 1.165) is 94.2 Å². The zero-order chi connectivity index (χ0) is 35.8. The van der Waals surface area contributed by atoms with E-state index in [1.807, 2.05) is 18.3 Å². The van der Waals surface area contributed by atoms with Crippen molar-refractivity contribution in [3.63, 3.8) is 0 Å². The number of hydrogen-bond donors (Lipinski definition) is 0. The molecule has 0 aliphatic rings. The van der Waals surface area contributed by atoms with Crippen molar-refractivity contribution in [2.75, 3.05) is 0 Å². The Balaban J connectivity index is 0.00000372. The van der Waals surface area contributed by atoms with Gasteiger partial charge in [-0.05, 0) is 81.7 Å². The SMILES string of the molecule is Cc1ccnc(-n2c3[c-]c(-c4cccc5c4nc(-c4cccc6c4[n-]c4ccccc46)n5-c4ccccc4)ccc3c3cc(-c4ccccc4)ccc32)c1.[Pt+2]. The molecule has 6 heteroatoms. The van der Waals surface area contributed by atoms with Crippen molar-refractivity contribution in [3.8, 4) is 45.1 Å². The average Bonchev–Trinajstić information content (AvgIpc) is 3.91. The summed E-state index contributed by atoms with van der Waals surface area (Å²) >= 11 is 0. The summed E-state index contributed by atoms with van der Waals surface area (Å²) in [5, 5.41) is 4.56. The molecule has 0 saturated carbocycles. The molecule has 0 bridgehead atoms. The zero-order valence-electron chi connectivity index (χ0n) is 29.7. The fourth-order valence-electron chi connectivity index (χ4n) is 8.11. The van der Waals surface area contributed by atoms with Crippen LogP contribution in [0.4, 0.5) is 0 Å². The van der Waals surface area contributed by atoms with Gasteiger partial charge in [-0.3, -0.25) is 4.57 Å². The first-order chi connectivity index (χ1) is 26.7. The quantitative estimate of drug-likeness (QED) is 0.162. The summed E-state index contributed by atoms with van der Waals surface area (Å²) in [7, 11) is 0. The summed E-state index contributed by atoms with van der Waals surface area (Å²) in [5.74, 6) is 1.72. The molecule has 0 fully saturated rings. The van der Waals surface area contributed by atoms with E-state index in [-0.39, 0.29) is 21.1 Å². The fourth-order valence-corrected chi connectivity index (χ4v) is 8.11. The average molecular weight is 885 g/mol. The van der Waals surface area contributed by atoms with Crippen molar-refractivity contribution in [3.05, 3.63) is 182 Å². The van der Waals surface area contributed by atoms with Gasteiger partial charge in [0.1, 0.15) is 11.6 Å². The first kappa shape index (κ1) is 33.0. The number of nitrogens with zero attached hydrogens (tertiary/aromatic N) is 5. The molecular weight excluding hydrogens is 854 g/mol. The minimum Gasteiger partial charge on any atom is -0.656 e. The summed E-state index contributed by atoms with van der Waals surface area (Å²) in [6, 6.07) is 61.4. The molecule has 11 aromatic rings. The molecule has 0 radical (unpaired) electrons. The maximum absolute atomic E-state index is 5.50. The molecule has 4 heterocycles. The number of aromatic nitrogens is 5. The third-order valence-corrected chi connectivity index (χ3v) is 10.6. The molecule has 0 unspecified atom stereocenters. The Bertz CT molecular complexity index is 3230. The van der Waals surface area contributed by atoms with Crippen LogP contribution in [0.1, 0.15) is 5.56 Å². The molecule has 55 heavy (non-hydrogen) atoms. The van der Waals surface area contributed by atoms with E-state index in [1.54, 1.807) is 0 Å². The van der Waals surface area contributed by atoms with Gasteiger partial charge in [0.05, 0.1) is 11.0 Å². The summed E-state index contributed by atoms with van der Waals surface area (Å²) in [4.78, 5) is 15.5. The van der Waals surface area contributed by atoms with Crippen molar-refractivity contribution < 1.29 is 21.1 Å². The van der Waals surface area contributed by atoms with Crippen LogP contribution in [-0.2, 0) is 21.1 Å². The number of imidazole rings is 1. The number of rotatable bonds is 5. The van der Waals surface area contributed by atoms with Crippen LogP contribution in [0, 0.1) is 13.0 Å². The number of aryl methyl sites for hydroxylation is 1. The van der Waals surface area contributed by atoms with Crippen molar-refractivity contribution in [2.24, 2.45) is 0 Å². The van der Waals surface area contributed by atoms with Gasteiger partial charge in [-0.15, -0.1) is 34.8 Å². The van der Waals surface area contributed by atoms with Gasteiger partial charge in [-0.1, -0.05) is 126 Å².